The maximum atomic E-state index is 5.92. The summed E-state index contributed by atoms with van der Waals surface area (Å²) >= 11 is 0. The van der Waals surface area contributed by atoms with E-state index >= 15 is 0 Å². The van der Waals surface area contributed by atoms with E-state index in [2.05, 4.69) is 37.3 Å². The zero-order valence-electron chi connectivity index (χ0n) is 13.3. The van der Waals surface area contributed by atoms with E-state index < -0.39 is 0 Å². The van der Waals surface area contributed by atoms with Crippen LogP contribution in [-0.2, 0) is 18.2 Å². The Morgan fingerprint density at radius 1 is 1.42 bits per heavy atom. The van der Waals surface area contributed by atoms with Crippen molar-refractivity contribution in [1.82, 2.24) is 15.1 Å². The Bertz CT molecular complexity index is 385. The van der Waals surface area contributed by atoms with Crippen LogP contribution < -0.4 is 5.32 Å². The van der Waals surface area contributed by atoms with Gasteiger partial charge < -0.3 is 10.1 Å². The molecule has 0 aliphatic heterocycles. The van der Waals surface area contributed by atoms with Crippen LogP contribution in [0.4, 0.5) is 0 Å². The third kappa shape index (κ3) is 4.62. The molecular formula is C15H29N3O. The largest absolute Gasteiger partial charge is 0.374 e. The molecule has 0 fully saturated rings. The van der Waals surface area contributed by atoms with Crippen molar-refractivity contribution in [3.63, 3.8) is 0 Å². The molecule has 0 aliphatic rings. The average molecular weight is 267 g/mol. The average Bonchev–Trinajstić information content (AvgIpc) is 2.62. The van der Waals surface area contributed by atoms with Crippen molar-refractivity contribution in [3.8, 4) is 0 Å². The molecule has 0 spiro atoms. The minimum atomic E-state index is -0.178. The van der Waals surface area contributed by atoms with Crippen molar-refractivity contribution in [1.29, 1.82) is 0 Å². The van der Waals surface area contributed by atoms with Gasteiger partial charge in [0.1, 0.15) is 0 Å². The van der Waals surface area contributed by atoms with E-state index in [1.807, 2.05) is 25.6 Å². The Balaban J connectivity index is 2.82. The summed E-state index contributed by atoms with van der Waals surface area (Å²) < 4.78 is 7.89. The molecule has 0 radical (unpaired) electrons. The van der Waals surface area contributed by atoms with E-state index in [0.717, 1.165) is 31.7 Å². The number of nitrogens with one attached hydrogen (secondary N) is 1. The van der Waals surface area contributed by atoms with Gasteiger partial charge in [0.05, 0.1) is 11.3 Å². The monoisotopic (exact) mass is 267 g/mol. The number of aromatic nitrogens is 2. The quantitative estimate of drug-likeness (QED) is 0.786. The van der Waals surface area contributed by atoms with Crippen LogP contribution in [0.2, 0.25) is 0 Å². The second-order valence-electron chi connectivity index (χ2n) is 5.65. The van der Waals surface area contributed by atoms with Gasteiger partial charge in [-0.15, -0.1) is 0 Å². The molecule has 19 heavy (non-hydrogen) atoms. The van der Waals surface area contributed by atoms with Gasteiger partial charge in [-0.2, -0.15) is 5.10 Å². The van der Waals surface area contributed by atoms with Gasteiger partial charge in [0, 0.05) is 31.8 Å². The molecule has 1 rings (SSSR count). The Hall–Kier alpha value is -0.870. The lowest BCUT2D eigenvalue weighted by atomic mass is 9.93. The molecule has 1 heterocycles. The first-order valence-corrected chi connectivity index (χ1v) is 7.27. The highest BCUT2D eigenvalue weighted by Gasteiger charge is 2.30. The van der Waals surface area contributed by atoms with E-state index in [-0.39, 0.29) is 5.60 Å². The first-order valence-electron chi connectivity index (χ1n) is 7.27. The van der Waals surface area contributed by atoms with Crippen LogP contribution in [0.15, 0.2) is 6.07 Å². The van der Waals surface area contributed by atoms with Crippen LogP contribution in [-0.4, -0.2) is 34.6 Å². The summed E-state index contributed by atoms with van der Waals surface area (Å²) in [5, 5.41) is 8.03. The summed E-state index contributed by atoms with van der Waals surface area (Å²) in [5.41, 5.74) is 2.14. The molecule has 0 bridgehead atoms. The van der Waals surface area contributed by atoms with Crippen molar-refractivity contribution in [2.75, 3.05) is 13.2 Å². The van der Waals surface area contributed by atoms with Gasteiger partial charge >= 0.3 is 0 Å². The fraction of sp³-hybridized carbons (Fsp3) is 0.800. The molecule has 1 aromatic rings. The van der Waals surface area contributed by atoms with E-state index in [4.69, 9.17) is 4.74 Å². The lowest BCUT2D eigenvalue weighted by Gasteiger charge is -2.35. The number of hydrogen-bond acceptors (Lipinski definition) is 3. The van der Waals surface area contributed by atoms with Crippen LogP contribution in [0.25, 0.3) is 0 Å². The zero-order valence-corrected chi connectivity index (χ0v) is 13.3. The van der Waals surface area contributed by atoms with Crippen LogP contribution in [0.5, 0.6) is 0 Å². The minimum absolute atomic E-state index is 0.178. The SMILES string of the molecule is CCCNC(Cc1cc(C)nn1C)C(C)(C)OCC. The highest BCUT2D eigenvalue weighted by atomic mass is 16.5. The maximum Gasteiger partial charge on any atom is 0.0782 e. The smallest absolute Gasteiger partial charge is 0.0782 e. The van der Waals surface area contributed by atoms with Crippen molar-refractivity contribution in [3.05, 3.63) is 17.5 Å². The van der Waals surface area contributed by atoms with E-state index in [1.54, 1.807) is 0 Å². The lowest BCUT2D eigenvalue weighted by molar-refractivity contribution is -0.0383. The molecule has 1 aromatic heterocycles. The molecule has 4 heteroatoms. The molecular weight excluding hydrogens is 238 g/mol. The predicted octanol–water partition coefficient (Wildman–Crippen LogP) is 2.45. The predicted molar refractivity (Wildman–Crippen MR) is 79.4 cm³/mol. The summed E-state index contributed by atoms with van der Waals surface area (Å²) in [6, 6.07) is 2.45. The number of nitrogens with zero attached hydrogens (tertiary/aromatic N) is 2. The maximum absolute atomic E-state index is 5.92. The van der Waals surface area contributed by atoms with E-state index in [0.29, 0.717) is 6.04 Å². The van der Waals surface area contributed by atoms with Gasteiger partial charge in [-0.1, -0.05) is 6.92 Å². The van der Waals surface area contributed by atoms with Crippen LogP contribution in [0, 0.1) is 6.92 Å². The standard InChI is InChI=1S/C15H29N3O/c1-7-9-16-14(15(4,5)19-8-2)11-13-10-12(3)17-18(13)6/h10,14,16H,7-9,11H2,1-6H3. The van der Waals surface area contributed by atoms with Crippen molar-refractivity contribution in [2.45, 2.75) is 59.1 Å². The Morgan fingerprint density at radius 3 is 2.58 bits per heavy atom. The van der Waals surface area contributed by atoms with Crippen LogP contribution >= 0.6 is 0 Å². The first kappa shape index (κ1) is 16.2. The Morgan fingerprint density at radius 2 is 2.11 bits per heavy atom. The molecule has 0 aliphatic carbocycles. The van der Waals surface area contributed by atoms with Crippen molar-refractivity contribution in [2.24, 2.45) is 7.05 Å². The molecule has 1 N–H and O–H groups in total. The second-order valence-corrected chi connectivity index (χ2v) is 5.65. The van der Waals surface area contributed by atoms with Crippen LogP contribution in [0.1, 0.15) is 45.5 Å². The number of hydrogen-bond donors (Lipinski definition) is 1. The number of ether oxygens (including phenoxy) is 1. The van der Waals surface area contributed by atoms with Crippen LogP contribution in [0.3, 0.4) is 0 Å². The van der Waals surface area contributed by atoms with Gasteiger partial charge in [0.2, 0.25) is 0 Å². The third-order valence-electron chi connectivity index (χ3n) is 3.51. The lowest BCUT2D eigenvalue weighted by Crippen LogP contribution is -2.50. The summed E-state index contributed by atoms with van der Waals surface area (Å²) in [5.74, 6) is 0. The Kier molecular flexibility index (Phi) is 6.01. The molecule has 1 atom stereocenters. The van der Waals surface area contributed by atoms with Gasteiger partial charge in [-0.3, -0.25) is 4.68 Å². The van der Waals surface area contributed by atoms with Crippen molar-refractivity contribution < 1.29 is 4.74 Å². The summed E-state index contributed by atoms with van der Waals surface area (Å²) in [6.45, 7) is 12.3. The highest BCUT2D eigenvalue weighted by molar-refractivity contribution is 5.11. The van der Waals surface area contributed by atoms with Gasteiger partial charge in [0.15, 0.2) is 0 Å². The zero-order chi connectivity index (χ0) is 14.5. The number of aryl methyl sites for hydroxylation is 2. The molecule has 0 aromatic carbocycles. The summed E-state index contributed by atoms with van der Waals surface area (Å²) in [4.78, 5) is 0. The fourth-order valence-corrected chi connectivity index (χ4v) is 2.42. The van der Waals surface area contributed by atoms with Gasteiger partial charge in [-0.05, 0) is 46.7 Å². The third-order valence-corrected chi connectivity index (χ3v) is 3.51. The van der Waals surface area contributed by atoms with Gasteiger partial charge in [0.25, 0.3) is 0 Å². The van der Waals surface area contributed by atoms with Gasteiger partial charge in [-0.25, -0.2) is 0 Å². The molecule has 110 valence electrons. The summed E-state index contributed by atoms with van der Waals surface area (Å²) in [6.07, 6.45) is 2.06. The second kappa shape index (κ2) is 7.06. The Labute approximate surface area is 117 Å². The molecule has 4 nitrogen and oxygen atoms in total. The molecule has 0 saturated carbocycles. The normalized spacial score (nSPS) is 13.8. The van der Waals surface area contributed by atoms with E-state index in [9.17, 15) is 0 Å². The van der Waals surface area contributed by atoms with E-state index in [1.165, 1.54) is 5.69 Å². The highest BCUT2D eigenvalue weighted by Crippen LogP contribution is 2.19. The fourth-order valence-electron chi connectivity index (χ4n) is 2.42. The molecule has 1 unspecified atom stereocenters. The number of rotatable bonds is 8. The molecule has 0 amide bonds. The molecule has 0 saturated heterocycles. The topological polar surface area (TPSA) is 39.1 Å². The first-order chi connectivity index (χ1) is 8.90. The minimum Gasteiger partial charge on any atom is -0.374 e. The van der Waals surface area contributed by atoms with Crippen molar-refractivity contribution >= 4 is 0 Å². The summed E-state index contributed by atoms with van der Waals surface area (Å²) in [7, 11) is 2.01.